The molecular weight excluding hydrogens is 413 g/mol. The van der Waals surface area contributed by atoms with Crippen LogP contribution in [0.25, 0.3) is 11.3 Å². The molecule has 0 N–H and O–H groups in total. The fourth-order valence-corrected chi connectivity index (χ4v) is 2.57. The van der Waals surface area contributed by atoms with Gasteiger partial charge in [0.1, 0.15) is 11.4 Å². The monoisotopic (exact) mass is 424 g/mol. The van der Waals surface area contributed by atoms with Crippen LogP contribution >= 0.6 is 15.9 Å². The molecule has 0 bridgehead atoms. The van der Waals surface area contributed by atoms with Crippen molar-refractivity contribution in [3.05, 3.63) is 64.3 Å². The minimum atomic E-state index is -4.67. The second-order valence-corrected chi connectivity index (χ2v) is 6.12. The maximum atomic E-state index is 13.3. The smallest absolute Gasteiger partial charge is 0.437 e. The van der Waals surface area contributed by atoms with Gasteiger partial charge in [-0.3, -0.25) is 4.99 Å². The van der Waals surface area contributed by atoms with Gasteiger partial charge in [-0.15, -0.1) is 0 Å². The highest BCUT2D eigenvalue weighted by Crippen LogP contribution is 2.36. The van der Waals surface area contributed by atoms with Crippen molar-refractivity contribution < 1.29 is 22.4 Å². The van der Waals surface area contributed by atoms with Crippen LogP contribution in [0.4, 0.5) is 18.9 Å². The van der Waals surface area contributed by atoms with Crippen molar-refractivity contribution in [2.75, 3.05) is 7.11 Å². The van der Waals surface area contributed by atoms with Gasteiger partial charge in [-0.2, -0.15) is 13.2 Å². The largest absolute Gasteiger partial charge is 0.494 e. The quantitative estimate of drug-likeness (QED) is 0.491. The lowest BCUT2D eigenvalue weighted by atomic mass is 10.1. The number of methoxy groups -OCH3 is 1. The average molecular weight is 425 g/mol. The van der Waals surface area contributed by atoms with E-state index in [9.17, 15) is 13.2 Å². The van der Waals surface area contributed by atoms with Gasteiger partial charge < -0.3 is 9.26 Å². The molecule has 0 radical (unpaired) electrons. The van der Waals surface area contributed by atoms with Crippen LogP contribution in [0.3, 0.4) is 0 Å². The van der Waals surface area contributed by atoms with Crippen molar-refractivity contribution in [1.82, 2.24) is 5.16 Å². The van der Waals surface area contributed by atoms with Crippen LogP contribution in [-0.2, 0) is 6.18 Å². The Bertz CT molecular complexity index is 934. The number of alkyl halides is 3. The lowest BCUT2D eigenvalue weighted by Gasteiger charge is -2.05. The Kier molecular flexibility index (Phi) is 5.13. The summed E-state index contributed by atoms with van der Waals surface area (Å²) in [6, 6.07) is 13.4. The summed E-state index contributed by atoms with van der Waals surface area (Å²) in [7, 11) is 1.46. The lowest BCUT2D eigenvalue weighted by Crippen LogP contribution is -2.08. The van der Waals surface area contributed by atoms with E-state index in [1.807, 2.05) is 0 Å². The van der Waals surface area contributed by atoms with Crippen molar-refractivity contribution in [2.45, 2.75) is 6.18 Å². The van der Waals surface area contributed by atoms with Crippen molar-refractivity contribution in [2.24, 2.45) is 4.99 Å². The Balaban J connectivity index is 2.10. The van der Waals surface area contributed by atoms with Crippen molar-refractivity contribution in [3.8, 4) is 17.1 Å². The summed E-state index contributed by atoms with van der Waals surface area (Å²) in [6.07, 6.45) is -3.58. The van der Waals surface area contributed by atoms with Crippen LogP contribution in [0.1, 0.15) is 11.3 Å². The maximum absolute atomic E-state index is 13.3. The van der Waals surface area contributed by atoms with Crippen LogP contribution < -0.4 is 4.74 Å². The zero-order chi connectivity index (χ0) is 18.7. The number of hydrogen-bond acceptors (Lipinski definition) is 4. The van der Waals surface area contributed by atoms with E-state index < -0.39 is 11.9 Å². The highest BCUT2D eigenvalue weighted by Gasteiger charge is 2.39. The third-order valence-corrected chi connectivity index (χ3v) is 4.05. The van der Waals surface area contributed by atoms with Crippen LogP contribution in [0.5, 0.6) is 5.75 Å². The van der Waals surface area contributed by atoms with Gasteiger partial charge in [-0.05, 0) is 36.4 Å². The van der Waals surface area contributed by atoms with Crippen LogP contribution in [0, 0.1) is 0 Å². The molecule has 0 saturated carbocycles. The van der Waals surface area contributed by atoms with E-state index in [-0.39, 0.29) is 11.3 Å². The molecule has 0 atom stereocenters. The van der Waals surface area contributed by atoms with E-state index in [4.69, 9.17) is 9.26 Å². The fraction of sp³-hybridized carbons (Fsp3) is 0.111. The second-order valence-electron chi connectivity index (χ2n) is 5.21. The molecule has 0 spiro atoms. The van der Waals surface area contributed by atoms with Gasteiger partial charge in [-0.1, -0.05) is 33.2 Å². The Labute approximate surface area is 155 Å². The van der Waals surface area contributed by atoms with E-state index in [2.05, 4.69) is 26.1 Å². The molecule has 4 nitrogen and oxygen atoms in total. The lowest BCUT2D eigenvalue weighted by molar-refractivity contribution is -0.142. The molecule has 3 rings (SSSR count). The summed E-state index contributed by atoms with van der Waals surface area (Å²) in [5, 5.41) is 3.21. The zero-order valence-electron chi connectivity index (χ0n) is 13.4. The van der Waals surface area contributed by atoms with Crippen molar-refractivity contribution in [1.29, 1.82) is 0 Å². The molecule has 8 heteroatoms. The summed E-state index contributed by atoms with van der Waals surface area (Å²) in [5.41, 5.74) is -0.524. The number of nitrogens with zero attached hydrogens (tertiary/aromatic N) is 2. The Morgan fingerprint density at radius 1 is 1.12 bits per heavy atom. The second kappa shape index (κ2) is 7.33. The SMILES string of the molecule is COc1ccccc1N=Cc1c(C(F)(F)F)noc1-c1ccc(Br)cc1. The number of hydrogen-bond donors (Lipinski definition) is 0. The maximum Gasteiger partial charge on any atom is 0.437 e. The predicted octanol–water partition coefficient (Wildman–Crippen LogP) is 5.88. The Morgan fingerprint density at radius 3 is 2.46 bits per heavy atom. The van der Waals surface area contributed by atoms with Gasteiger partial charge in [0, 0.05) is 16.3 Å². The normalized spacial score (nSPS) is 11.9. The molecule has 0 saturated heterocycles. The molecule has 1 aromatic heterocycles. The number of aliphatic imine (C=N–C) groups is 1. The third kappa shape index (κ3) is 3.80. The van der Waals surface area contributed by atoms with Gasteiger partial charge in [-0.25, -0.2) is 0 Å². The fourth-order valence-electron chi connectivity index (χ4n) is 2.30. The third-order valence-electron chi connectivity index (χ3n) is 3.52. The number of benzene rings is 2. The highest BCUT2D eigenvalue weighted by molar-refractivity contribution is 9.10. The van der Waals surface area contributed by atoms with Gasteiger partial charge in [0.15, 0.2) is 11.5 Å². The first kappa shape index (κ1) is 18.2. The van der Waals surface area contributed by atoms with Crippen LogP contribution in [0.15, 0.2) is 62.5 Å². The molecule has 0 fully saturated rings. The summed E-state index contributed by atoms with van der Waals surface area (Å²) in [4.78, 5) is 4.14. The number of rotatable bonds is 4. The minimum Gasteiger partial charge on any atom is -0.494 e. The number of aromatic nitrogens is 1. The average Bonchev–Trinajstić information content (AvgIpc) is 3.05. The van der Waals surface area contributed by atoms with Gasteiger partial charge in [0.25, 0.3) is 0 Å². The molecule has 134 valence electrons. The first-order valence-corrected chi connectivity index (χ1v) is 8.19. The zero-order valence-corrected chi connectivity index (χ0v) is 15.0. The predicted molar refractivity (Wildman–Crippen MR) is 94.9 cm³/mol. The molecular formula is C18H12BrF3N2O2. The summed E-state index contributed by atoms with van der Waals surface area (Å²) < 4.78 is 50.8. The van der Waals surface area contributed by atoms with Gasteiger partial charge in [0.2, 0.25) is 0 Å². The standard InChI is InChI=1S/C18H12BrF3N2O2/c1-25-15-5-3-2-4-14(15)23-10-13-16(11-6-8-12(19)9-7-11)26-24-17(13)18(20,21)22/h2-10H,1H3. The molecule has 2 aromatic carbocycles. The number of halogens is 4. The van der Waals surface area contributed by atoms with Crippen LogP contribution in [-0.4, -0.2) is 18.5 Å². The molecule has 3 aromatic rings. The molecule has 0 unspecified atom stereocenters. The molecule has 0 aliphatic rings. The summed E-state index contributed by atoms with van der Waals surface area (Å²) >= 11 is 3.28. The molecule has 0 aliphatic heterocycles. The number of ether oxygens (including phenoxy) is 1. The van der Waals surface area contributed by atoms with Crippen molar-refractivity contribution in [3.63, 3.8) is 0 Å². The number of para-hydroxylation sites is 2. The Hall–Kier alpha value is -2.61. The minimum absolute atomic E-state index is 0.0107. The van der Waals surface area contributed by atoms with Crippen molar-refractivity contribution >= 4 is 27.8 Å². The molecule has 26 heavy (non-hydrogen) atoms. The van der Waals surface area contributed by atoms with E-state index in [0.29, 0.717) is 17.0 Å². The Morgan fingerprint density at radius 2 is 1.81 bits per heavy atom. The van der Waals surface area contributed by atoms with E-state index in [1.54, 1.807) is 48.5 Å². The van der Waals surface area contributed by atoms with Crippen LogP contribution in [0.2, 0.25) is 0 Å². The van der Waals surface area contributed by atoms with Gasteiger partial charge in [0.05, 0.1) is 12.7 Å². The molecule has 0 aliphatic carbocycles. The molecule has 0 amide bonds. The van der Waals surface area contributed by atoms with Gasteiger partial charge >= 0.3 is 6.18 Å². The topological polar surface area (TPSA) is 47.6 Å². The first-order chi connectivity index (χ1) is 12.4. The summed E-state index contributed by atoms with van der Waals surface area (Å²) in [5.74, 6) is 0.433. The van der Waals surface area contributed by atoms with E-state index in [1.165, 1.54) is 7.11 Å². The van der Waals surface area contributed by atoms with E-state index in [0.717, 1.165) is 10.7 Å². The summed E-state index contributed by atoms with van der Waals surface area (Å²) in [6.45, 7) is 0. The highest BCUT2D eigenvalue weighted by atomic mass is 79.9. The van der Waals surface area contributed by atoms with E-state index >= 15 is 0 Å². The first-order valence-electron chi connectivity index (χ1n) is 7.40. The molecule has 1 heterocycles.